The highest BCUT2D eigenvalue weighted by Gasteiger charge is 2.75. The molecular formula is C24H40N2O6. The van der Waals surface area contributed by atoms with Crippen LogP contribution in [0.1, 0.15) is 74.1 Å². The Balaban J connectivity index is 2.00. The van der Waals surface area contributed by atoms with Crippen LogP contribution in [0.5, 0.6) is 0 Å². The first-order valence-corrected chi connectivity index (χ1v) is 11.9. The van der Waals surface area contributed by atoms with Crippen LogP contribution in [-0.4, -0.2) is 70.3 Å². The first-order chi connectivity index (χ1) is 14.8. The average molecular weight is 453 g/mol. The van der Waals surface area contributed by atoms with E-state index >= 15 is 0 Å². The Morgan fingerprint density at radius 2 is 1.94 bits per heavy atom. The van der Waals surface area contributed by atoms with Crippen molar-refractivity contribution in [3.63, 3.8) is 0 Å². The van der Waals surface area contributed by atoms with E-state index in [-0.39, 0.29) is 30.4 Å². The van der Waals surface area contributed by atoms with Crippen LogP contribution in [0, 0.1) is 17.3 Å². The van der Waals surface area contributed by atoms with Gasteiger partial charge in [-0.3, -0.25) is 14.4 Å². The number of hydrogen-bond acceptors (Lipinski definition) is 6. The maximum Gasteiger partial charge on any atom is 0.312 e. The number of fused-ring (bicyclic) bond motifs is 1. The van der Waals surface area contributed by atoms with Crippen molar-refractivity contribution in [3.05, 3.63) is 0 Å². The first kappa shape index (κ1) is 25.0. The molecule has 2 unspecified atom stereocenters. The normalized spacial score (nSPS) is 32.8. The van der Waals surface area contributed by atoms with Gasteiger partial charge in [0.15, 0.2) is 0 Å². The molecule has 1 spiro atoms. The SMILES string of the molecule is CCOC(=O)[C@@H]1[C@H]2C(=O)N([C@@H](CC)CO)C(C(=O)NC(C)(C)CC(C)(C)C)C23CC[C@H]1O3. The summed E-state index contributed by atoms with van der Waals surface area (Å²) in [6, 6.07) is -1.41. The highest BCUT2D eigenvalue weighted by molar-refractivity contribution is 5.98. The fourth-order valence-electron chi connectivity index (χ4n) is 6.48. The Kier molecular flexibility index (Phi) is 6.71. The maximum absolute atomic E-state index is 13.8. The predicted molar refractivity (Wildman–Crippen MR) is 119 cm³/mol. The van der Waals surface area contributed by atoms with Crippen molar-refractivity contribution < 1.29 is 29.0 Å². The number of rotatable bonds is 8. The molecule has 8 heteroatoms. The monoisotopic (exact) mass is 452 g/mol. The minimum absolute atomic E-state index is 0.00282. The molecule has 3 saturated heterocycles. The van der Waals surface area contributed by atoms with Gasteiger partial charge in [-0.2, -0.15) is 0 Å². The molecule has 8 nitrogen and oxygen atoms in total. The lowest BCUT2D eigenvalue weighted by Gasteiger charge is -2.40. The summed E-state index contributed by atoms with van der Waals surface area (Å²) in [5.74, 6) is -2.49. The zero-order valence-electron chi connectivity index (χ0n) is 20.6. The largest absolute Gasteiger partial charge is 0.466 e. The summed E-state index contributed by atoms with van der Waals surface area (Å²) in [7, 11) is 0. The number of nitrogens with zero attached hydrogens (tertiary/aromatic N) is 1. The molecule has 0 aromatic carbocycles. The van der Waals surface area contributed by atoms with E-state index < -0.39 is 47.1 Å². The molecule has 2 N–H and O–H groups in total. The highest BCUT2D eigenvalue weighted by atomic mass is 16.6. The molecule has 3 aliphatic heterocycles. The van der Waals surface area contributed by atoms with Crippen molar-refractivity contribution in [2.45, 2.75) is 103 Å². The standard InChI is InChI=1S/C24H40N2O6/c1-8-14(12-27)26-18(19(28)25-23(6,7)13-22(3,4)5)24-11-10-15(32-24)16(17(24)20(26)29)21(30)31-9-2/h14-18,27H,8-13H2,1-7H3,(H,25,28)/t14-,15+,16-,17-,18?,24?/m0/s1. The zero-order valence-corrected chi connectivity index (χ0v) is 20.6. The number of carbonyl (C=O) groups is 3. The van der Waals surface area contributed by atoms with Crippen LogP contribution in [-0.2, 0) is 23.9 Å². The van der Waals surface area contributed by atoms with Crippen LogP contribution >= 0.6 is 0 Å². The molecule has 0 saturated carbocycles. The van der Waals surface area contributed by atoms with Crippen molar-refractivity contribution in [2.75, 3.05) is 13.2 Å². The van der Waals surface area contributed by atoms with Crippen LogP contribution in [0.15, 0.2) is 0 Å². The van der Waals surface area contributed by atoms with E-state index in [4.69, 9.17) is 9.47 Å². The van der Waals surface area contributed by atoms with E-state index in [1.165, 1.54) is 4.90 Å². The van der Waals surface area contributed by atoms with Crippen LogP contribution < -0.4 is 5.32 Å². The fourth-order valence-corrected chi connectivity index (χ4v) is 6.48. The molecule has 0 aromatic rings. The van der Waals surface area contributed by atoms with Gasteiger partial charge in [-0.1, -0.05) is 27.7 Å². The molecule has 2 amide bonds. The highest BCUT2D eigenvalue weighted by Crippen LogP contribution is 2.59. The number of aliphatic hydroxyl groups is 1. The van der Waals surface area contributed by atoms with Crippen LogP contribution in [0.2, 0.25) is 0 Å². The molecular weight excluding hydrogens is 412 g/mol. The van der Waals surface area contributed by atoms with Gasteiger partial charge < -0.3 is 24.8 Å². The van der Waals surface area contributed by atoms with Crippen LogP contribution in [0.25, 0.3) is 0 Å². The van der Waals surface area contributed by atoms with Gasteiger partial charge in [-0.15, -0.1) is 0 Å². The third-order valence-corrected chi connectivity index (χ3v) is 7.05. The zero-order chi connectivity index (χ0) is 24.1. The first-order valence-electron chi connectivity index (χ1n) is 11.9. The van der Waals surface area contributed by atoms with E-state index in [2.05, 4.69) is 26.1 Å². The molecule has 3 aliphatic rings. The van der Waals surface area contributed by atoms with E-state index in [0.29, 0.717) is 19.3 Å². The van der Waals surface area contributed by atoms with Gasteiger partial charge in [0.1, 0.15) is 11.6 Å². The number of esters is 1. The molecule has 182 valence electrons. The van der Waals surface area contributed by atoms with Crippen molar-refractivity contribution in [2.24, 2.45) is 17.3 Å². The summed E-state index contributed by atoms with van der Waals surface area (Å²) in [6.45, 7) is 13.9. The Bertz CT molecular complexity index is 756. The number of carbonyl (C=O) groups excluding carboxylic acids is 3. The van der Waals surface area contributed by atoms with Gasteiger partial charge in [-0.05, 0) is 51.9 Å². The number of amides is 2. The quantitative estimate of drug-likeness (QED) is 0.546. The van der Waals surface area contributed by atoms with Gasteiger partial charge in [0.2, 0.25) is 11.8 Å². The number of hydrogen-bond donors (Lipinski definition) is 2. The van der Waals surface area contributed by atoms with Gasteiger partial charge >= 0.3 is 5.97 Å². The van der Waals surface area contributed by atoms with E-state index in [9.17, 15) is 19.5 Å². The Morgan fingerprint density at radius 3 is 2.47 bits per heavy atom. The lowest BCUT2D eigenvalue weighted by molar-refractivity contribution is -0.155. The van der Waals surface area contributed by atoms with Crippen molar-refractivity contribution in [1.29, 1.82) is 0 Å². The lowest BCUT2D eigenvalue weighted by atomic mass is 9.70. The molecule has 0 radical (unpaired) electrons. The molecule has 0 aliphatic carbocycles. The minimum Gasteiger partial charge on any atom is -0.466 e. The van der Waals surface area contributed by atoms with Crippen LogP contribution in [0.3, 0.4) is 0 Å². The number of ether oxygens (including phenoxy) is 2. The summed E-state index contributed by atoms with van der Waals surface area (Å²) >= 11 is 0. The molecule has 3 rings (SSSR count). The van der Waals surface area contributed by atoms with E-state index in [1.807, 2.05) is 20.8 Å². The Labute approximate surface area is 191 Å². The summed E-state index contributed by atoms with van der Waals surface area (Å²) < 4.78 is 11.6. The summed E-state index contributed by atoms with van der Waals surface area (Å²) in [6.07, 6.45) is 1.95. The third kappa shape index (κ3) is 4.16. The number of likely N-dealkylation sites (tertiary alicyclic amines) is 1. The second-order valence-electron chi connectivity index (χ2n) is 11.4. The smallest absolute Gasteiger partial charge is 0.312 e. The molecule has 3 fully saturated rings. The topological polar surface area (TPSA) is 105 Å². The molecule has 6 atom stereocenters. The summed E-state index contributed by atoms with van der Waals surface area (Å²) in [4.78, 5) is 41.8. The fraction of sp³-hybridized carbons (Fsp3) is 0.875. The van der Waals surface area contributed by atoms with Crippen LogP contribution in [0.4, 0.5) is 0 Å². The van der Waals surface area contributed by atoms with Crippen molar-refractivity contribution in [3.8, 4) is 0 Å². The Morgan fingerprint density at radius 1 is 1.28 bits per heavy atom. The minimum atomic E-state index is -1.07. The van der Waals surface area contributed by atoms with Gasteiger partial charge in [0.25, 0.3) is 0 Å². The Hall–Kier alpha value is -1.67. The summed E-state index contributed by atoms with van der Waals surface area (Å²) in [5.41, 5.74) is -1.57. The van der Waals surface area contributed by atoms with E-state index in [0.717, 1.165) is 6.42 Å². The van der Waals surface area contributed by atoms with E-state index in [1.54, 1.807) is 6.92 Å². The average Bonchev–Trinajstić information content (AvgIpc) is 3.28. The number of nitrogens with one attached hydrogen (secondary N) is 1. The molecule has 32 heavy (non-hydrogen) atoms. The third-order valence-electron chi connectivity index (χ3n) is 7.05. The molecule has 3 heterocycles. The maximum atomic E-state index is 13.8. The van der Waals surface area contributed by atoms with Gasteiger partial charge in [0.05, 0.1) is 37.2 Å². The number of aliphatic hydroxyl groups excluding tert-OH is 1. The molecule has 0 aromatic heterocycles. The van der Waals surface area contributed by atoms with Crippen molar-refractivity contribution in [1.82, 2.24) is 10.2 Å². The van der Waals surface area contributed by atoms with Crippen molar-refractivity contribution >= 4 is 17.8 Å². The lowest BCUT2D eigenvalue weighted by Crippen LogP contribution is -2.61. The van der Waals surface area contributed by atoms with Gasteiger partial charge in [0, 0.05) is 5.54 Å². The summed E-state index contributed by atoms with van der Waals surface area (Å²) in [5, 5.41) is 13.2. The molecule has 2 bridgehead atoms. The second kappa shape index (κ2) is 8.60. The van der Waals surface area contributed by atoms with Gasteiger partial charge in [-0.25, -0.2) is 0 Å². The predicted octanol–water partition coefficient (Wildman–Crippen LogP) is 2.03. The second-order valence-corrected chi connectivity index (χ2v) is 11.4.